The van der Waals surface area contributed by atoms with E-state index in [4.69, 9.17) is 5.26 Å². The van der Waals surface area contributed by atoms with Gasteiger partial charge in [0.15, 0.2) is 0 Å². The molecule has 20 heavy (non-hydrogen) atoms. The molecule has 0 fully saturated rings. The van der Waals surface area contributed by atoms with E-state index >= 15 is 0 Å². The Kier molecular flexibility index (Phi) is 3.97. The summed E-state index contributed by atoms with van der Waals surface area (Å²) in [5.41, 5.74) is 2.71. The molecule has 0 unspecified atom stereocenters. The molecule has 98 valence electrons. The van der Waals surface area contributed by atoms with Gasteiger partial charge in [0.25, 0.3) is 0 Å². The molecule has 1 N–H and O–H groups in total. The Hall–Kier alpha value is -2.86. The third-order valence-electron chi connectivity index (χ3n) is 2.98. The Morgan fingerprint density at radius 1 is 1.00 bits per heavy atom. The molecule has 0 spiro atoms. The number of hydrogen-bond donors (Lipinski definition) is 1. The molecule has 3 nitrogen and oxygen atoms in total. The van der Waals surface area contributed by atoms with Crippen LogP contribution < -0.4 is 0 Å². The normalized spacial score (nSPS) is 11.4. The van der Waals surface area contributed by atoms with Crippen molar-refractivity contribution in [3.05, 3.63) is 76.9 Å². The maximum Gasteiger partial charge on any atom is 0.347 e. The summed E-state index contributed by atoms with van der Waals surface area (Å²) >= 11 is 0. The third-order valence-corrected chi connectivity index (χ3v) is 2.98. The largest absolute Gasteiger partial charge is 0.477 e. The monoisotopic (exact) mass is 263 g/mol. The fraction of sp³-hybridized carbons (Fsp3) is 0.0588. The van der Waals surface area contributed by atoms with Gasteiger partial charge in [-0.3, -0.25) is 0 Å². The summed E-state index contributed by atoms with van der Waals surface area (Å²) in [6.07, 6.45) is 0. The van der Waals surface area contributed by atoms with Crippen LogP contribution in [0.15, 0.2) is 60.2 Å². The minimum atomic E-state index is -1.22. The first-order valence-corrected chi connectivity index (χ1v) is 6.13. The third kappa shape index (κ3) is 2.76. The van der Waals surface area contributed by atoms with E-state index in [-0.39, 0.29) is 5.57 Å². The summed E-state index contributed by atoms with van der Waals surface area (Å²) in [6.45, 7) is 1.96. The smallest absolute Gasteiger partial charge is 0.347 e. The fourth-order valence-corrected chi connectivity index (χ4v) is 1.99. The molecule has 0 bridgehead atoms. The Morgan fingerprint density at radius 3 is 2.05 bits per heavy atom. The van der Waals surface area contributed by atoms with Crippen LogP contribution in [-0.2, 0) is 4.79 Å². The summed E-state index contributed by atoms with van der Waals surface area (Å²) in [4.78, 5) is 11.3. The van der Waals surface area contributed by atoms with Crippen molar-refractivity contribution in [1.82, 2.24) is 0 Å². The van der Waals surface area contributed by atoms with E-state index in [9.17, 15) is 9.90 Å². The predicted molar refractivity (Wildman–Crippen MR) is 76.9 cm³/mol. The van der Waals surface area contributed by atoms with E-state index < -0.39 is 5.97 Å². The van der Waals surface area contributed by atoms with Crippen LogP contribution in [0.2, 0.25) is 0 Å². The number of benzene rings is 2. The van der Waals surface area contributed by atoms with Crippen LogP contribution in [0.25, 0.3) is 5.57 Å². The van der Waals surface area contributed by atoms with Gasteiger partial charge in [-0.15, -0.1) is 0 Å². The molecule has 2 rings (SSSR count). The number of aryl methyl sites for hydroxylation is 1. The molecule has 0 aliphatic rings. The zero-order valence-corrected chi connectivity index (χ0v) is 11.0. The minimum absolute atomic E-state index is 0.250. The summed E-state index contributed by atoms with van der Waals surface area (Å²) in [6, 6.07) is 18.3. The number of rotatable bonds is 3. The zero-order valence-electron chi connectivity index (χ0n) is 11.0. The van der Waals surface area contributed by atoms with Crippen LogP contribution >= 0.6 is 0 Å². The molecule has 0 saturated heterocycles. The fourth-order valence-electron chi connectivity index (χ4n) is 1.99. The van der Waals surface area contributed by atoms with Gasteiger partial charge in [-0.05, 0) is 18.1 Å². The second-order valence-corrected chi connectivity index (χ2v) is 4.40. The maximum absolute atomic E-state index is 11.3. The molecule has 0 amide bonds. The number of hydrogen-bond acceptors (Lipinski definition) is 2. The quantitative estimate of drug-likeness (QED) is 0.682. The number of carbonyl (C=O) groups is 1. The first-order chi connectivity index (χ1) is 9.63. The van der Waals surface area contributed by atoms with Crippen molar-refractivity contribution in [2.75, 3.05) is 0 Å². The van der Waals surface area contributed by atoms with Gasteiger partial charge in [-0.25, -0.2) is 4.79 Å². The maximum atomic E-state index is 11.3. The summed E-state index contributed by atoms with van der Waals surface area (Å²) in [5.74, 6) is -1.22. The molecule has 0 saturated carbocycles. The van der Waals surface area contributed by atoms with E-state index in [1.807, 2.05) is 49.4 Å². The molecule has 0 aliphatic heterocycles. The molecule has 2 aromatic carbocycles. The van der Waals surface area contributed by atoms with Crippen LogP contribution in [0.5, 0.6) is 0 Å². The molecular formula is C17H13NO2. The summed E-state index contributed by atoms with van der Waals surface area (Å²) in [5, 5.41) is 18.4. The van der Waals surface area contributed by atoms with Crippen molar-refractivity contribution in [1.29, 1.82) is 5.26 Å². The van der Waals surface area contributed by atoms with Crippen LogP contribution in [0.4, 0.5) is 0 Å². The molecule has 0 atom stereocenters. The van der Waals surface area contributed by atoms with E-state index in [0.717, 1.165) is 16.7 Å². The molecular weight excluding hydrogens is 250 g/mol. The standard InChI is InChI=1S/C17H13NO2/c1-12-7-9-14(10-8-12)16(15(11-18)17(19)20)13-5-3-2-4-6-13/h2-10H,1H3,(H,19,20)/b16-15+. The predicted octanol–water partition coefficient (Wildman–Crippen LogP) is 3.41. The van der Waals surface area contributed by atoms with Crippen molar-refractivity contribution < 1.29 is 9.90 Å². The van der Waals surface area contributed by atoms with Crippen molar-refractivity contribution in [2.45, 2.75) is 6.92 Å². The van der Waals surface area contributed by atoms with Crippen molar-refractivity contribution in [3.63, 3.8) is 0 Å². The van der Waals surface area contributed by atoms with Gasteiger partial charge in [-0.1, -0.05) is 60.2 Å². The minimum Gasteiger partial charge on any atom is -0.477 e. The van der Waals surface area contributed by atoms with Crippen LogP contribution in [-0.4, -0.2) is 11.1 Å². The molecule has 0 aliphatic carbocycles. The first-order valence-electron chi connectivity index (χ1n) is 6.13. The Bertz CT molecular complexity index is 692. The lowest BCUT2D eigenvalue weighted by atomic mass is 9.93. The lowest BCUT2D eigenvalue weighted by molar-refractivity contribution is -0.132. The van der Waals surface area contributed by atoms with E-state index in [1.54, 1.807) is 18.2 Å². The highest BCUT2D eigenvalue weighted by atomic mass is 16.4. The second-order valence-electron chi connectivity index (χ2n) is 4.40. The number of carboxylic acid groups (broad SMARTS) is 1. The summed E-state index contributed by atoms with van der Waals surface area (Å²) < 4.78 is 0. The van der Waals surface area contributed by atoms with Gasteiger partial charge < -0.3 is 5.11 Å². The topological polar surface area (TPSA) is 61.1 Å². The number of carboxylic acids is 1. The Morgan fingerprint density at radius 2 is 1.55 bits per heavy atom. The summed E-state index contributed by atoms with van der Waals surface area (Å²) in [7, 11) is 0. The molecule has 3 heteroatoms. The van der Waals surface area contributed by atoms with Gasteiger partial charge in [-0.2, -0.15) is 5.26 Å². The van der Waals surface area contributed by atoms with Crippen LogP contribution in [0.3, 0.4) is 0 Å². The van der Waals surface area contributed by atoms with E-state index in [2.05, 4.69) is 0 Å². The SMILES string of the molecule is Cc1ccc(/C(=C(\C#N)C(=O)O)c2ccccc2)cc1. The average molecular weight is 263 g/mol. The Labute approximate surface area is 117 Å². The first kappa shape index (κ1) is 13.6. The van der Waals surface area contributed by atoms with Crippen molar-refractivity contribution >= 4 is 11.5 Å². The average Bonchev–Trinajstić information content (AvgIpc) is 2.46. The highest BCUT2D eigenvalue weighted by Crippen LogP contribution is 2.27. The van der Waals surface area contributed by atoms with E-state index in [1.165, 1.54) is 0 Å². The molecule has 2 aromatic rings. The van der Waals surface area contributed by atoms with Gasteiger partial charge in [0.2, 0.25) is 0 Å². The molecule has 0 aromatic heterocycles. The zero-order chi connectivity index (χ0) is 14.5. The molecule has 0 radical (unpaired) electrons. The number of nitriles is 1. The van der Waals surface area contributed by atoms with Crippen molar-refractivity contribution in [3.8, 4) is 6.07 Å². The highest BCUT2D eigenvalue weighted by Gasteiger charge is 2.17. The highest BCUT2D eigenvalue weighted by molar-refractivity contribution is 6.04. The van der Waals surface area contributed by atoms with Crippen LogP contribution in [0, 0.1) is 18.3 Å². The number of aliphatic carboxylic acids is 1. The Balaban J connectivity index is 2.72. The number of nitrogens with zero attached hydrogens (tertiary/aromatic N) is 1. The van der Waals surface area contributed by atoms with Gasteiger partial charge in [0, 0.05) is 5.57 Å². The van der Waals surface area contributed by atoms with Gasteiger partial charge >= 0.3 is 5.97 Å². The van der Waals surface area contributed by atoms with Gasteiger partial charge in [0.05, 0.1) is 0 Å². The lowest BCUT2D eigenvalue weighted by Gasteiger charge is -2.10. The second kappa shape index (κ2) is 5.85. The van der Waals surface area contributed by atoms with Crippen molar-refractivity contribution in [2.24, 2.45) is 0 Å². The van der Waals surface area contributed by atoms with E-state index in [0.29, 0.717) is 5.57 Å². The van der Waals surface area contributed by atoms with Gasteiger partial charge in [0.1, 0.15) is 11.6 Å². The molecule has 0 heterocycles. The lowest BCUT2D eigenvalue weighted by Crippen LogP contribution is -2.03. The van der Waals surface area contributed by atoms with Crippen LogP contribution in [0.1, 0.15) is 16.7 Å².